The van der Waals surface area contributed by atoms with Gasteiger partial charge in [-0.15, -0.1) is 0 Å². The van der Waals surface area contributed by atoms with Crippen LogP contribution < -0.4 is 9.62 Å². The monoisotopic (exact) mass is 425 g/mol. The highest BCUT2D eigenvalue weighted by Gasteiger charge is 2.30. The lowest BCUT2D eigenvalue weighted by atomic mass is 10.1. The minimum Gasteiger partial charge on any atom is -0.309 e. The molecule has 156 valence electrons. The molecular weight excluding hydrogens is 402 g/mol. The normalized spacial score (nSPS) is 17.0. The number of amides is 1. The predicted octanol–water partition coefficient (Wildman–Crippen LogP) is 2.60. The standard InChI is InChI=1S/C21H23N5O3S/c1-14-10-18-11-20(8-9-21(18)26(14)16(3)27)30(28,29)24-15(2)17-4-6-19(7-5-17)25-13-22-12-23-25/h4-9,11-15,24H,10H2,1-3H3. The molecule has 2 unspecified atom stereocenters. The fraction of sp³-hybridized carbons (Fsp3) is 0.286. The van der Waals surface area contributed by atoms with Gasteiger partial charge in [0.2, 0.25) is 15.9 Å². The zero-order valence-electron chi connectivity index (χ0n) is 17.0. The number of hydrogen-bond donors (Lipinski definition) is 1. The molecular formula is C21H23N5O3S. The zero-order chi connectivity index (χ0) is 21.5. The lowest BCUT2D eigenvalue weighted by molar-refractivity contribution is -0.116. The molecule has 0 bridgehead atoms. The zero-order valence-corrected chi connectivity index (χ0v) is 17.8. The third-order valence-corrected chi connectivity index (χ3v) is 6.86. The van der Waals surface area contributed by atoms with Crippen LogP contribution in [-0.2, 0) is 21.2 Å². The number of carbonyl (C=O) groups excluding carboxylic acids is 1. The van der Waals surface area contributed by atoms with Gasteiger partial charge in [-0.05, 0) is 61.7 Å². The molecule has 0 saturated carbocycles. The van der Waals surface area contributed by atoms with Gasteiger partial charge < -0.3 is 4.90 Å². The van der Waals surface area contributed by atoms with Crippen molar-refractivity contribution in [3.63, 3.8) is 0 Å². The Hall–Kier alpha value is -3.04. The van der Waals surface area contributed by atoms with Crippen LogP contribution in [0.15, 0.2) is 60.0 Å². The highest BCUT2D eigenvalue weighted by molar-refractivity contribution is 7.89. The maximum atomic E-state index is 13.0. The summed E-state index contributed by atoms with van der Waals surface area (Å²) in [6, 6.07) is 12.0. The number of nitrogens with one attached hydrogen (secondary N) is 1. The Morgan fingerprint density at radius 2 is 1.93 bits per heavy atom. The Bertz CT molecular complexity index is 1170. The van der Waals surface area contributed by atoms with E-state index in [1.165, 1.54) is 13.3 Å². The molecule has 9 heteroatoms. The maximum absolute atomic E-state index is 13.0. The van der Waals surface area contributed by atoms with E-state index in [9.17, 15) is 13.2 Å². The van der Waals surface area contributed by atoms with E-state index in [4.69, 9.17) is 0 Å². The molecule has 2 heterocycles. The number of anilines is 1. The van der Waals surface area contributed by atoms with Crippen LogP contribution in [0.1, 0.15) is 37.9 Å². The SMILES string of the molecule is CC(=O)N1c2ccc(S(=O)(=O)NC(C)c3ccc(-n4cncn4)cc3)cc2CC1C. The molecule has 30 heavy (non-hydrogen) atoms. The number of hydrogen-bond acceptors (Lipinski definition) is 5. The number of benzene rings is 2. The van der Waals surface area contributed by atoms with Crippen LogP contribution in [-0.4, -0.2) is 35.1 Å². The summed E-state index contributed by atoms with van der Waals surface area (Å²) in [5.41, 5.74) is 3.32. The van der Waals surface area contributed by atoms with E-state index >= 15 is 0 Å². The molecule has 3 aromatic rings. The minimum absolute atomic E-state index is 0.0193. The largest absolute Gasteiger partial charge is 0.309 e. The molecule has 1 aliphatic rings. The Morgan fingerprint density at radius 1 is 1.20 bits per heavy atom. The summed E-state index contributed by atoms with van der Waals surface area (Å²) in [6.07, 6.45) is 3.69. The van der Waals surface area contributed by atoms with Gasteiger partial charge in [0.1, 0.15) is 12.7 Å². The molecule has 0 spiro atoms. The van der Waals surface area contributed by atoms with Gasteiger partial charge in [0.15, 0.2) is 0 Å². The number of carbonyl (C=O) groups is 1. The lowest BCUT2D eigenvalue weighted by Crippen LogP contribution is -2.33. The van der Waals surface area contributed by atoms with Crippen molar-refractivity contribution < 1.29 is 13.2 Å². The Morgan fingerprint density at radius 3 is 2.57 bits per heavy atom. The van der Waals surface area contributed by atoms with Crippen LogP contribution in [0.2, 0.25) is 0 Å². The summed E-state index contributed by atoms with van der Waals surface area (Å²) in [5.74, 6) is -0.0436. The van der Waals surface area contributed by atoms with Crippen molar-refractivity contribution >= 4 is 21.6 Å². The van der Waals surface area contributed by atoms with Crippen LogP contribution in [0, 0.1) is 0 Å². The number of rotatable bonds is 5. The Labute approximate surface area is 175 Å². The molecule has 8 nitrogen and oxygen atoms in total. The van der Waals surface area contributed by atoms with Crippen molar-refractivity contribution in [3.05, 3.63) is 66.2 Å². The second-order valence-electron chi connectivity index (χ2n) is 7.51. The average molecular weight is 426 g/mol. The topological polar surface area (TPSA) is 97.2 Å². The van der Waals surface area contributed by atoms with E-state index in [0.717, 1.165) is 22.5 Å². The smallest absolute Gasteiger partial charge is 0.241 e. The highest BCUT2D eigenvalue weighted by atomic mass is 32.2. The highest BCUT2D eigenvalue weighted by Crippen LogP contribution is 2.34. The Balaban J connectivity index is 1.53. The first-order valence-electron chi connectivity index (χ1n) is 9.66. The molecule has 0 saturated heterocycles. The summed E-state index contributed by atoms with van der Waals surface area (Å²) in [4.78, 5) is 17.7. The van der Waals surface area contributed by atoms with Gasteiger partial charge in [-0.1, -0.05) is 12.1 Å². The molecule has 0 radical (unpaired) electrons. The first-order valence-corrected chi connectivity index (χ1v) is 11.1. The van der Waals surface area contributed by atoms with Crippen molar-refractivity contribution in [3.8, 4) is 5.69 Å². The maximum Gasteiger partial charge on any atom is 0.241 e. The fourth-order valence-electron chi connectivity index (χ4n) is 3.88. The average Bonchev–Trinajstić information content (AvgIpc) is 3.34. The van der Waals surface area contributed by atoms with Gasteiger partial charge in [-0.2, -0.15) is 5.10 Å². The molecule has 4 rings (SSSR count). The van der Waals surface area contributed by atoms with E-state index in [1.807, 2.05) is 31.2 Å². The van der Waals surface area contributed by atoms with Gasteiger partial charge in [0.05, 0.1) is 10.6 Å². The first kappa shape index (κ1) is 20.2. The van der Waals surface area contributed by atoms with Crippen LogP contribution in [0.4, 0.5) is 5.69 Å². The van der Waals surface area contributed by atoms with E-state index in [1.54, 1.807) is 41.0 Å². The first-order chi connectivity index (χ1) is 14.3. The Kier molecular flexibility index (Phi) is 5.17. The van der Waals surface area contributed by atoms with Crippen molar-refractivity contribution in [2.75, 3.05) is 4.90 Å². The number of fused-ring (bicyclic) bond motifs is 1. The summed E-state index contributed by atoms with van der Waals surface area (Å²) in [7, 11) is -3.72. The molecule has 0 aliphatic carbocycles. The molecule has 1 aromatic heterocycles. The second kappa shape index (κ2) is 7.66. The van der Waals surface area contributed by atoms with Crippen LogP contribution in [0.25, 0.3) is 5.69 Å². The number of aromatic nitrogens is 3. The van der Waals surface area contributed by atoms with Gasteiger partial charge in [-0.3, -0.25) is 4.79 Å². The summed E-state index contributed by atoms with van der Waals surface area (Å²) in [6.45, 7) is 5.28. The van der Waals surface area contributed by atoms with E-state index < -0.39 is 16.1 Å². The minimum atomic E-state index is -3.72. The fourth-order valence-corrected chi connectivity index (χ4v) is 5.16. The molecule has 1 aliphatic heterocycles. The number of sulfonamides is 1. The van der Waals surface area contributed by atoms with Crippen molar-refractivity contribution in [2.45, 2.75) is 44.2 Å². The van der Waals surface area contributed by atoms with Crippen molar-refractivity contribution in [1.29, 1.82) is 0 Å². The van der Waals surface area contributed by atoms with E-state index in [2.05, 4.69) is 14.8 Å². The van der Waals surface area contributed by atoms with Gasteiger partial charge in [0.25, 0.3) is 0 Å². The van der Waals surface area contributed by atoms with Gasteiger partial charge >= 0.3 is 0 Å². The second-order valence-corrected chi connectivity index (χ2v) is 9.22. The van der Waals surface area contributed by atoms with E-state index in [-0.39, 0.29) is 16.8 Å². The third kappa shape index (κ3) is 3.73. The number of nitrogens with zero attached hydrogens (tertiary/aromatic N) is 4. The molecule has 0 fully saturated rings. The van der Waals surface area contributed by atoms with Crippen molar-refractivity contribution in [1.82, 2.24) is 19.5 Å². The summed E-state index contributed by atoms with van der Waals surface area (Å²) in [5, 5.41) is 4.08. The van der Waals surface area contributed by atoms with E-state index in [0.29, 0.717) is 6.42 Å². The van der Waals surface area contributed by atoms with Crippen LogP contribution >= 0.6 is 0 Å². The molecule has 1 N–H and O–H groups in total. The van der Waals surface area contributed by atoms with Crippen LogP contribution in [0.5, 0.6) is 0 Å². The molecule has 1 amide bonds. The van der Waals surface area contributed by atoms with Gasteiger partial charge in [-0.25, -0.2) is 22.8 Å². The summed E-state index contributed by atoms with van der Waals surface area (Å²) < 4.78 is 30.3. The predicted molar refractivity (Wildman–Crippen MR) is 113 cm³/mol. The quantitative estimate of drug-likeness (QED) is 0.678. The molecule has 2 atom stereocenters. The molecule has 2 aromatic carbocycles. The van der Waals surface area contributed by atoms with Gasteiger partial charge in [0, 0.05) is 24.7 Å². The van der Waals surface area contributed by atoms with Crippen molar-refractivity contribution in [2.24, 2.45) is 0 Å². The lowest BCUT2D eigenvalue weighted by Gasteiger charge is -2.20. The summed E-state index contributed by atoms with van der Waals surface area (Å²) >= 11 is 0. The third-order valence-electron chi connectivity index (χ3n) is 5.32. The van der Waals surface area contributed by atoms with Crippen LogP contribution in [0.3, 0.4) is 0 Å².